The van der Waals surface area contributed by atoms with Crippen LogP contribution in [0.15, 0.2) is 48.5 Å². The van der Waals surface area contributed by atoms with Crippen molar-refractivity contribution in [2.45, 2.75) is 18.9 Å². The fourth-order valence-corrected chi connectivity index (χ4v) is 5.48. The third-order valence-electron chi connectivity index (χ3n) is 4.89. The normalized spacial score (nSPS) is 16.8. The molecule has 1 atom stereocenters. The van der Waals surface area contributed by atoms with Crippen LogP contribution in [0, 0.1) is 5.82 Å². The molecule has 28 heavy (non-hydrogen) atoms. The molecule has 3 heterocycles. The molecule has 2 aromatic heterocycles. The predicted molar refractivity (Wildman–Crippen MR) is 112 cm³/mol. The fraction of sp³-hybridized carbons (Fsp3) is 0.238. The lowest BCUT2D eigenvalue weighted by Crippen LogP contribution is -2.37. The summed E-state index contributed by atoms with van der Waals surface area (Å²) < 4.78 is 21.7. The van der Waals surface area contributed by atoms with Crippen LogP contribution in [0.3, 0.4) is 0 Å². The molecular formula is C21H17FN2O2S2. The number of carbonyl (C=O) groups is 1. The van der Waals surface area contributed by atoms with E-state index in [-0.39, 0.29) is 17.8 Å². The van der Waals surface area contributed by atoms with Gasteiger partial charge in [0.15, 0.2) is 5.13 Å². The minimum Gasteiger partial charge on any atom is -0.376 e. The van der Waals surface area contributed by atoms with Crippen LogP contribution in [-0.4, -0.2) is 30.1 Å². The number of para-hydroxylation sites is 1. The number of benzene rings is 2. The molecule has 1 saturated heterocycles. The molecular weight excluding hydrogens is 395 g/mol. The van der Waals surface area contributed by atoms with Crippen LogP contribution in [0.4, 0.5) is 9.52 Å². The third-order valence-corrected chi connectivity index (χ3v) is 7.04. The maximum absolute atomic E-state index is 14.1. The molecule has 0 saturated carbocycles. The Bertz CT molecular complexity index is 1130. The summed E-state index contributed by atoms with van der Waals surface area (Å²) in [5.41, 5.74) is 0.870. The Morgan fingerprint density at radius 2 is 2.04 bits per heavy atom. The first-order valence-corrected chi connectivity index (χ1v) is 10.8. The number of carbonyl (C=O) groups excluding carboxylic acids is 1. The number of fused-ring (bicyclic) bond motifs is 2. The minimum absolute atomic E-state index is 0.00192. The first kappa shape index (κ1) is 17.7. The van der Waals surface area contributed by atoms with E-state index in [1.165, 1.54) is 28.7 Å². The molecule has 4 nitrogen and oxygen atoms in total. The van der Waals surface area contributed by atoms with Crippen LogP contribution in [0.1, 0.15) is 22.5 Å². The van der Waals surface area contributed by atoms with Gasteiger partial charge in [-0.15, -0.1) is 11.3 Å². The lowest BCUT2D eigenvalue weighted by molar-refractivity contribution is 0.0921. The quantitative estimate of drug-likeness (QED) is 0.446. The van der Waals surface area contributed by atoms with Gasteiger partial charge in [0.25, 0.3) is 5.91 Å². The Kier molecular flexibility index (Phi) is 4.58. The van der Waals surface area contributed by atoms with Crippen molar-refractivity contribution in [1.29, 1.82) is 0 Å². The summed E-state index contributed by atoms with van der Waals surface area (Å²) in [6.45, 7) is 1.18. The molecule has 0 aliphatic carbocycles. The third kappa shape index (κ3) is 3.19. The molecule has 4 aromatic rings. The van der Waals surface area contributed by atoms with Gasteiger partial charge in [-0.05, 0) is 43.2 Å². The molecule has 1 aliphatic rings. The van der Waals surface area contributed by atoms with Crippen LogP contribution in [0.25, 0.3) is 20.3 Å². The number of hydrogen-bond acceptors (Lipinski definition) is 5. The van der Waals surface area contributed by atoms with E-state index in [9.17, 15) is 9.18 Å². The standard InChI is InChI=1S/C21H17FN2O2S2/c22-15-6-3-9-17-14(15)11-19(27-17)20(25)24(12-13-5-4-10-26-13)21-23-16-7-1-2-8-18(16)28-21/h1-3,6-9,11,13H,4-5,10,12H2. The Morgan fingerprint density at radius 1 is 1.18 bits per heavy atom. The van der Waals surface area contributed by atoms with E-state index in [1.807, 2.05) is 30.3 Å². The second-order valence-electron chi connectivity index (χ2n) is 6.78. The fourth-order valence-electron chi connectivity index (χ4n) is 3.48. The second-order valence-corrected chi connectivity index (χ2v) is 8.87. The van der Waals surface area contributed by atoms with Crippen molar-refractivity contribution in [2.75, 3.05) is 18.1 Å². The molecule has 1 amide bonds. The molecule has 1 unspecified atom stereocenters. The van der Waals surface area contributed by atoms with E-state index in [2.05, 4.69) is 4.98 Å². The summed E-state index contributed by atoms with van der Waals surface area (Å²) >= 11 is 2.80. The van der Waals surface area contributed by atoms with Crippen molar-refractivity contribution >= 4 is 54.0 Å². The van der Waals surface area contributed by atoms with Gasteiger partial charge in [0.1, 0.15) is 5.82 Å². The van der Waals surface area contributed by atoms with E-state index >= 15 is 0 Å². The summed E-state index contributed by atoms with van der Waals surface area (Å²) in [6.07, 6.45) is 1.93. The zero-order valence-electron chi connectivity index (χ0n) is 14.9. The first-order chi connectivity index (χ1) is 13.7. The van der Waals surface area contributed by atoms with Gasteiger partial charge in [-0.3, -0.25) is 9.69 Å². The topological polar surface area (TPSA) is 42.4 Å². The maximum Gasteiger partial charge on any atom is 0.270 e. The van der Waals surface area contributed by atoms with Gasteiger partial charge < -0.3 is 4.74 Å². The lowest BCUT2D eigenvalue weighted by Gasteiger charge is -2.22. The molecule has 0 bridgehead atoms. The predicted octanol–water partition coefficient (Wildman–Crippen LogP) is 5.48. The number of thiazole rings is 1. The smallest absolute Gasteiger partial charge is 0.270 e. The number of anilines is 1. The van der Waals surface area contributed by atoms with Crippen molar-refractivity contribution in [3.8, 4) is 0 Å². The Hall–Kier alpha value is -2.35. The van der Waals surface area contributed by atoms with Gasteiger partial charge in [0.2, 0.25) is 0 Å². The largest absolute Gasteiger partial charge is 0.376 e. The molecule has 7 heteroatoms. The minimum atomic E-state index is -0.307. The first-order valence-electron chi connectivity index (χ1n) is 9.16. The molecule has 2 aromatic carbocycles. The number of ether oxygens (including phenoxy) is 1. The van der Waals surface area contributed by atoms with Crippen molar-refractivity contribution in [1.82, 2.24) is 4.98 Å². The monoisotopic (exact) mass is 412 g/mol. The SMILES string of the molecule is O=C(c1cc2c(F)cccc2s1)N(CC1CCCO1)c1nc2ccccc2s1. The number of aromatic nitrogens is 1. The highest BCUT2D eigenvalue weighted by molar-refractivity contribution is 7.23. The van der Waals surface area contributed by atoms with Gasteiger partial charge in [-0.2, -0.15) is 0 Å². The van der Waals surface area contributed by atoms with Gasteiger partial charge in [0, 0.05) is 16.7 Å². The van der Waals surface area contributed by atoms with E-state index in [0.717, 1.165) is 34.4 Å². The van der Waals surface area contributed by atoms with Crippen molar-refractivity contribution < 1.29 is 13.9 Å². The van der Waals surface area contributed by atoms with Crippen LogP contribution >= 0.6 is 22.7 Å². The Morgan fingerprint density at radius 3 is 2.82 bits per heavy atom. The highest BCUT2D eigenvalue weighted by Crippen LogP contribution is 2.33. The Labute approximate surface area is 169 Å². The van der Waals surface area contributed by atoms with Gasteiger partial charge in [-0.1, -0.05) is 29.5 Å². The Balaban J connectivity index is 1.55. The van der Waals surface area contributed by atoms with E-state index in [0.29, 0.717) is 21.9 Å². The number of amides is 1. The molecule has 0 spiro atoms. The van der Waals surface area contributed by atoms with Gasteiger partial charge in [-0.25, -0.2) is 9.37 Å². The average molecular weight is 413 g/mol. The zero-order valence-corrected chi connectivity index (χ0v) is 16.6. The van der Waals surface area contributed by atoms with E-state index < -0.39 is 0 Å². The summed E-state index contributed by atoms with van der Waals surface area (Å²) in [5.74, 6) is -0.464. The van der Waals surface area contributed by atoms with E-state index in [4.69, 9.17) is 4.74 Å². The number of halogens is 1. The molecule has 1 aliphatic heterocycles. The van der Waals surface area contributed by atoms with Crippen molar-refractivity contribution in [2.24, 2.45) is 0 Å². The number of thiophene rings is 1. The van der Waals surface area contributed by atoms with E-state index in [1.54, 1.807) is 17.0 Å². The maximum atomic E-state index is 14.1. The van der Waals surface area contributed by atoms with Gasteiger partial charge in [0.05, 0.1) is 27.7 Å². The summed E-state index contributed by atoms with van der Waals surface area (Å²) in [7, 11) is 0. The summed E-state index contributed by atoms with van der Waals surface area (Å²) in [4.78, 5) is 20.3. The van der Waals surface area contributed by atoms with Crippen LogP contribution in [-0.2, 0) is 4.74 Å². The summed E-state index contributed by atoms with van der Waals surface area (Å²) in [5, 5.41) is 1.14. The van der Waals surface area contributed by atoms with Crippen LogP contribution < -0.4 is 4.90 Å². The van der Waals surface area contributed by atoms with Crippen molar-refractivity contribution in [3.05, 3.63) is 59.2 Å². The zero-order chi connectivity index (χ0) is 19.1. The highest BCUT2D eigenvalue weighted by Gasteiger charge is 2.28. The lowest BCUT2D eigenvalue weighted by atomic mass is 10.2. The van der Waals surface area contributed by atoms with Crippen molar-refractivity contribution in [3.63, 3.8) is 0 Å². The molecule has 0 radical (unpaired) electrons. The molecule has 1 fully saturated rings. The number of nitrogens with zero attached hydrogens (tertiary/aromatic N) is 2. The number of hydrogen-bond donors (Lipinski definition) is 0. The highest BCUT2D eigenvalue weighted by atomic mass is 32.1. The number of rotatable bonds is 4. The van der Waals surface area contributed by atoms with Crippen LogP contribution in [0.5, 0.6) is 0 Å². The average Bonchev–Trinajstić information content (AvgIpc) is 3.44. The molecule has 0 N–H and O–H groups in total. The second kappa shape index (κ2) is 7.24. The van der Waals surface area contributed by atoms with Crippen LogP contribution in [0.2, 0.25) is 0 Å². The summed E-state index contributed by atoms with van der Waals surface area (Å²) in [6, 6.07) is 14.4. The van der Waals surface area contributed by atoms with Gasteiger partial charge >= 0.3 is 0 Å². The molecule has 142 valence electrons. The molecule has 5 rings (SSSR count).